The Bertz CT molecular complexity index is 370. The zero-order valence-electron chi connectivity index (χ0n) is 8.74. The minimum Gasteiger partial charge on any atom is -0.391 e. The third-order valence-corrected chi connectivity index (χ3v) is 2.50. The molecule has 0 saturated heterocycles. The Balaban J connectivity index is 2.82. The predicted molar refractivity (Wildman–Crippen MR) is 69.7 cm³/mol. The van der Waals surface area contributed by atoms with Crippen molar-refractivity contribution in [1.29, 1.82) is 0 Å². The molecule has 1 rings (SSSR count). The second-order valence-electron chi connectivity index (χ2n) is 3.55. The molecule has 0 unspecified atom stereocenters. The lowest BCUT2D eigenvalue weighted by Crippen LogP contribution is -1.90. The fraction of sp³-hybridized carbons (Fsp3) is 0.250. The van der Waals surface area contributed by atoms with Crippen LogP contribution in [0.15, 0.2) is 30.3 Å². The molecule has 0 N–H and O–H groups in total. The minimum absolute atomic E-state index is 0.342. The third kappa shape index (κ3) is 4.03. The van der Waals surface area contributed by atoms with E-state index < -0.39 is 0 Å². The average molecular weight is 316 g/mol. The lowest BCUT2D eigenvalue weighted by Gasteiger charge is -2.05. The van der Waals surface area contributed by atoms with Crippen molar-refractivity contribution >= 4 is 35.1 Å². The highest BCUT2D eigenvalue weighted by Crippen LogP contribution is 2.16. The molecule has 0 bridgehead atoms. The van der Waals surface area contributed by atoms with Gasteiger partial charge in [-0.25, -0.2) is 4.79 Å². The van der Waals surface area contributed by atoms with Gasteiger partial charge in [-0.2, -0.15) is 0 Å². The van der Waals surface area contributed by atoms with Gasteiger partial charge in [-0.15, -0.1) is 0 Å². The molecule has 0 amide bonds. The van der Waals surface area contributed by atoms with Crippen molar-refractivity contribution in [2.45, 2.75) is 19.8 Å². The number of carbonyl (C=O) groups is 1. The van der Waals surface area contributed by atoms with Crippen molar-refractivity contribution in [3.05, 3.63) is 41.5 Å². The van der Waals surface area contributed by atoms with Crippen molar-refractivity contribution in [3.63, 3.8) is 0 Å². The van der Waals surface area contributed by atoms with Crippen molar-refractivity contribution in [1.82, 2.24) is 0 Å². The normalized spacial score (nSPS) is 10.9. The van der Waals surface area contributed by atoms with E-state index in [0.29, 0.717) is 5.92 Å². The van der Waals surface area contributed by atoms with Gasteiger partial charge in [0.15, 0.2) is 23.0 Å². The van der Waals surface area contributed by atoms with Crippen LogP contribution in [0.2, 0.25) is 0 Å². The summed E-state index contributed by atoms with van der Waals surface area (Å²) in [5.41, 5.74) is 2.28. The topological polar surface area (TPSA) is 26.3 Å². The second-order valence-corrected chi connectivity index (χ2v) is 3.99. The largest absolute Gasteiger partial charge is 0.391 e. The SMILES string of the molecule is CC(C)c1cccc(/C=C/C(=O)OI)c1. The van der Waals surface area contributed by atoms with Gasteiger partial charge in [-0.05, 0) is 23.1 Å². The van der Waals surface area contributed by atoms with E-state index in [2.05, 4.69) is 29.0 Å². The summed E-state index contributed by atoms with van der Waals surface area (Å²) in [5.74, 6) is 0.153. The van der Waals surface area contributed by atoms with Crippen LogP contribution in [0.1, 0.15) is 30.9 Å². The molecule has 0 aliphatic rings. The molecule has 0 spiro atoms. The summed E-state index contributed by atoms with van der Waals surface area (Å²) >= 11 is 1.57. The standard InChI is InChI=1S/C12H13IO2/c1-9(2)11-5-3-4-10(8-11)6-7-12(14)15-13/h3-9H,1-2H3/b7-6+. The summed E-state index contributed by atoms with van der Waals surface area (Å²) < 4.78 is 4.49. The molecule has 80 valence electrons. The zero-order chi connectivity index (χ0) is 11.3. The van der Waals surface area contributed by atoms with E-state index in [1.165, 1.54) is 11.6 Å². The fourth-order valence-electron chi connectivity index (χ4n) is 1.21. The number of hydrogen-bond donors (Lipinski definition) is 0. The first-order chi connectivity index (χ1) is 7.13. The molecule has 3 heteroatoms. The highest BCUT2D eigenvalue weighted by Gasteiger charge is 1.99. The average Bonchev–Trinajstić information content (AvgIpc) is 2.26. The maximum absolute atomic E-state index is 10.9. The zero-order valence-corrected chi connectivity index (χ0v) is 10.9. The van der Waals surface area contributed by atoms with E-state index in [1.807, 2.05) is 12.1 Å². The lowest BCUT2D eigenvalue weighted by atomic mass is 10.0. The highest BCUT2D eigenvalue weighted by molar-refractivity contribution is 14.1. The van der Waals surface area contributed by atoms with E-state index in [-0.39, 0.29) is 5.97 Å². The van der Waals surface area contributed by atoms with Gasteiger partial charge in [0.05, 0.1) is 0 Å². The third-order valence-electron chi connectivity index (χ3n) is 2.07. The molecule has 1 aromatic carbocycles. The van der Waals surface area contributed by atoms with Crippen LogP contribution in [0, 0.1) is 0 Å². The summed E-state index contributed by atoms with van der Waals surface area (Å²) in [7, 11) is 0. The molecule has 0 aliphatic heterocycles. The number of rotatable bonds is 3. The van der Waals surface area contributed by atoms with E-state index in [9.17, 15) is 4.79 Å². The van der Waals surface area contributed by atoms with E-state index in [4.69, 9.17) is 0 Å². The first kappa shape index (κ1) is 12.2. The minimum atomic E-state index is -0.342. The molecule has 0 saturated carbocycles. The fourth-order valence-corrected chi connectivity index (χ4v) is 1.36. The van der Waals surface area contributed by atoms with Crippen molar-refractivity contribution in [2.75, 3.05) is 0 Å². The molecule has 0 aliphatic carbocycles. The summed E-state index contributed by atoms with van der Waals surface area (Å²) in [6, 6.07) is 8.10. The molecule has 2 nitrogen and oxygen atoms in total. The predicted octanol–water partition coefficient (Wildman–Crippen LogP) is 3.72. The van der Waals surface area contributed by atoms with E-state index in [1.54, 1.807) is 29.1 Å². The highest BCUT2D eigenvalue weighted by atomic mass is 127. The molecule has 0 fully saturated rings. The summed E-state index contributed by atoms with van der Waals surface area (Å²) in [4.78, 5) is 10.9. The lowest BCUT2D eigenvalue weighted by molar-refractivity contribution is -0.126. The van der Waals surface area contributed by atoms with Gasteiger partial charge in [0.1, 0.15) is 0 Å². The van der Waals surface area contributed by atoms with Crippen molar-refractivity contribution in [3.8, 4) is 0 Å². The van der Waals surface area contributed by atoms with Crippen LogP contribution in [0.5, 0.6) is 0 Å². The van der Waals surface area contributed by atoms with Gasteiger partial charge in [-0.1, -0.05) is 38.1 Å². The smallest absolute Gasteiger partial charge is 0.340 e. The van der Waals surface area contributed by atoms with E-state index in [0.717, 1.165) is 5.56 Å². The Hall–Kier alpha value is -0.840. The van der Waals surface area contributed by atoms with E-state index >= 15 is 0 Å². The number of benzene rings is 1. The van der Waals surface area contributed by atoms with Crippen LogP contribution in [-0.2, 0) is 7.86 Å². The maximum atomic E-state index is 10.9. The van der Waals surface area contributed by atoms with Gasteiger partial charge in [0, 0.05) is 6.08 Å². The van der Waals surface area contributed by atoms with Crippen LogP contribution in [0.3, 0.4) is 0 Å². The summed E-state index contributed by atoms with van der Waals surface area (Å²) in [5, 5.41) is 0. The first-order valence-electron chi connectivity index (χ1n) is 4.74. The van der Waals surface area contributed by atoms with Crippen LogP contribution in [0.25, 0.3) is 6.08 Å². The Morgan fingerprint density at radius 3 is 2.80 bits per heavy atom. The molecule has 15 heavy (non-hydrogen) atoms. The molecular weight excluding hydrogens is 303 g/mol. The van der Waals surface area contributed by atoms with Crippen LogP contribution in [-0.4, -0.2) is 5.97 Å². The van der Waals surface area contributed by atoms with Crippen molar-refractivity contribution < 1.29 is 7.86 Å². The summed E-state index contributed by atoms with van der Waals surface area (Å²) in [6.45, 7) is 4.28. The molecule has 0 radical (unpaired) electrons. The van der Waals surface area contributed by atoms with Crippen LogP contribution in [0.4, 0.5) is 0 Å². The van der Waals surface area contributed by atoms with Gasteiger partial charge in [-0.3, -0.25) is 0 Å². The first-order valence-corrected chi connectivity index (χ1v) is 5.62. The Kier molecular flexibility index (Phi) is 4.81. The Labute approximate surface area is 104 Å². The number of halogens is 1. The second kappa shape index (κ2) is 5.90. The molecule has 1 aromatic rings. The maximum Gasteiger partial charge on any atom is 0.340 e. The molecular formula is C12H13IO2. The van der Waals surface area contributed by atoms with Gasteiger partial charge < -0.3 is 3.07 Å². The summed E-state index contributed by atoms with van der Waals surface area (Å²) in [6.07, 6.45) is 3.18. The molecule has 0 atom stereocenters. The van der Waals surface area contributed by atoms with Gasteiger partial charge in [0.25, 0.3) is 0 Å². The number of carbonyl (C=O) groups excluding carboxylic acids is 1. The molecule has 0 heterocycles. The van der Waals surface area contributed by atoms with Crippen LogP contribution < -0.4 is 0 Å². The number of hydrogen-bond acceptors (Lipinski definition) is 2. The van der Waals surface area contributed by atoms with Crippen molar-refractivity contribution in [2.24, 2.45) is 0 Å². The van der Waals surface area contributed by atoms with Crippen LogP contribution >= 0.6 is 23.0 Å². The quantitative estimate of drug-likeness (QED) is 0.627. The Morgan fingerprint density at radius 1 is 1.47 bits per heavy atom. The monoisotopic (exact) mass is 316 g/mol. The van der Waals surface area contributed by atoms with Gasteiger partial charge >= 0.3 is 5.97 Å². The Morgan fingerprint density at radius 2 is 2.20 bits per heavy atom. The van der Waals surface area contributed by atoms with Gasteiger partial charge in [0.2, 0.25) is 0 Å². The molecule has 0 aromatic heterocycles.